The molecule has 0 aliphatic heterocycles. The zero-order valence-electron chi connectivity index (χ0n) is 10.4. The van der Waals surface area contributed by atoms with Crippen LogP contribution in [0.5, 0.6) is 5.75 Å². The second-order valence-corrected chi connectivity index (χ2v) is 4.75. The van der Waals surface area contributed by atoms with E-state index in [2.05, 4.69) is 6.92 Å². The van der Waals surface area contributed by atoms with Crippen LogP contribution in [0.15, 0.2) is 21.3 Å². The average molecular weight is 267 g/mol. The number of phenols is 1. The Labute approximate surface area is 110 Å². The molecule has 0 amide bonds. The average Bonchev–Trinajstić information content (AvgIpc) is 2.34. The third-order valence-electron chi connectivity index (χ3n) is 3.15. The van der Waals surface area contributed by atoms with Crippen molar-refractivity contribution < 1.29 is 9.52 Å². The Kier molecular flexibility index (Phi) is 3.62. The van der Waals surface area contributed by atoms with Crippen molar-refractivity contribution in [3.8, 4) is 5.75 Å². The molecular weight excluding hydrogens is 252 g/mol. The summed E-state index contributed by atoms with van der Waals surface area (Å²) in [6, 6.07) is 3.24. The number of hydrogen-bond acceptors (Lipinski definition) is 3. The van der Waals surface area contributed by atoms with E-state index in [0.717, 1.165) is 23.8 Å². The molecule has 0 saturated carbocycles. The smallest absolute Gasteiger partial charge is 0.339 e. The highest BCUT2D eigenvalue weighted by molar-refractivity contribution is 6.36. The topological polar surface area (TPSA) is 50.4 Å². The molecule has 18 heavy (non-hydrogen) atoms. The summed E-state index contributed by atoms with van der Waals surface area (Å²) >= 11 is 5.94. The second-order valence-electron chi connectivity index (χ2n) is 4.37. The van der Waals surface area contributed by atoms with Crippen LogP contribution in [0, 0.1) is 6.92 Å². The molecule has 2 aromatic rings. The van der Waals surface area contributed by atoms with Crippen LogP contribution in [0.25, 0.3) is 11.0 Å². The zero-order valence-corrected chi connectivity index (χ0v) is 11.2. The number of rotatable bonds is 3. The molecule has 0 bridgehead atoms. The van der Waals surface area contributed by atoms with E-state index in [0.29, 0.717) is 12.0 Å². The van der Waals surface area contributed by atoms with E-state index < -0.39 is 0 Å². The molecule has 1 aromatic carbocycles. The van der Waals surface area contributed by atoms with Crippen LogP contribution in [-0.2, 0) is 6.42 Å². The summed E-state index contributed by atoms with van der Waals surface area (Å²) in [6.45, 7) is 3.96. The van der Waals surface area contributed by atoms with E-state index in [1.165, 1.54) is 6.07 Å². The van der Waals surface area contributed by atoms with Crippen molar-refractivity contribution in [2.24, 2.45) is 0 Å². The number of benzene rings is 1. The summed E-state index contributed by atoms with van der Waals surface area (Å²) < 4.78 is 5.23. The Morgan fingerprint density at radius 2 is 2.11 bits per heavy atom. The Bertz CT molecular complexity index is 644. The summed E-state index contributed by atoms with van der Waals surface area (Å²) in [4.78, 5) is 11.9. The number of fused-ring (bicyclic) bond motifs is 1. The van der Waals surface area contributed by atoms with Crippen LogP contribution in [0.4, 0.5) is 0 Å². The SMILES string of the molecule is CCCCc1c(C)c2ccc(O)c(Cl)c2oc1=O. The summed E-state index contributed by atoms with van der Waals surface area (Å²) in [5.41, 5.74) is 1.49. The molecule has 4 heteroatoms. The van der Waals surface area contributed by atoms with Crippen LogP contribution < -0.4 is 5.63 Å². The maximum absolute atomic E-state index is 11.9. The lowest BCUT2D eigenvalue weighted by Crippen LogP contribution is -2.10. The fourth-order valence-corrected chi connectivity index (χ4v) is 2.26. The van der Waals surface area contributed by atoms with Gasteiger partial charge in [-0.1, -0.05) is 24.9 Å². The first kappa shape index (κ1) is 13.0. The molecule has 0 saturated heterocycles. The highest BCUT2D eigenvalue weighted by Gasteiger charge is 2.14. The van der Waals surface area contributed by atoms with Crippen molar-refractivity contribution in [3.63, 3.8) is 0 Å². The molecule has 0 spiro atoms. The molecule has 96 valence electrons. The van der Waals surface area contributed by atoms with E-state index in [-0.39, 0.29) is 22.0 Å². The Morgan fingerprint density at radius 3 is 2.78 bits per heavy atom. The van der Waals surface area contributed by atoms with E-state index in [4.69, 9.17) is 16.0 Å². The van der Waals surface area contributed by atoms with Gasteiger partial charge in [0.2, 0.25) is 0 Å². The quantitative estimate of drug-likeness (QED) is 0.860. The van der Waals surface area contributed by atoms with Gasteiger partial charge in [0, 0.05) is 10.9 Å². The molecule has 0 atom stereocenters. The highest BCUT2D eigenvalue weighted by Crippen LogP contribution is 2.33. The van der Waals surface area contributed by atoms with Gasteiger partial charge >= 0.3 is 5.63 Å². The molecule has 1 heterocycles. The third-order valence-corrected chi connectivity index (χ3v) is 3.52. The standard InChI is InChI=1S/C14H15ClO3/c1-3-4-5-10-8(2)9-6-7-11(16)12(15)13(9)18-14(10)17/h6-7,16H,3-5H2,1-2H3. The number of halogens is 1. The van der Waals surface area contributed by atoms with E-state index >= 15 is 0 Å². The molecule has 0 unspecified atom stereocenters. The van der Waals surface area contributed by atoms with Crippen molar-refractivity contribution in [2.75, 3.05) is 0 Å². The third kappa shape index (κ3) is 2.10. The molecule has 2 rings (SSSR count). The predicted molar refractivity (Wildman–Crippen MR) is 72.5 cm³/mol. The number of aromatic hydroxyl groups is 1. The first-order chi connectivity index (χ1) is 8.56. The van der Waals surface area contributed by atoms with Crippen molar-refractivity contribution in [3.05, 3.63) is 38.7 Å². The Balaban J connectivity index is 2.71. The fraction of sp³-hybridized carbons (Fsp3) is 0.357. The number of aryl methyl sites for hydroxylation is 1. The summed E-state index contributed by atoms with van der Waals surface area (Å²) in [5.74, 6) is -0.0759. The van der Waals surface area contributed by atoms with Gasteiger partial charge in [0.25, 0.3) is 0 Å². The minimum absolute atomic E-state index is 0.0759. The zero-order chi connectivity index (χ0) is 13.3. The van der Waals surface area contributed by atoms with Crippen molar-refractivity contribution in [1.82, 2.24) is 0 Å². The number of hydrogen-bond donors (Lipinski definition) is 1. The molecule has 0 fully saturated rings. The first-order valence-corrected chi connectivity index (χ1v) is 6.37. The van der Waals surface area contributed by atoms with Gasteiger partial charge in [-0.2, -0.15) is 0 Å². The minimum atomic E-state index is -0.360. The van der Waals surface area contributed by atoms with Gasteiger partial charge in [-0.05, 0) is 37.5 Å². The van der Waals surface area contributed by atoms with Crippen LogP contribution in [0.1, 0.15) is 30.9 Å². The van der Waals surface area contributed by atoms with Crippen LogP contribution in [0.2, 0.25) is 5.02 Å². The molecule has 3 nitrogen and oxygen atoms in total. The van der Waals surface area contributed by atoms with Crippen molar-refractivity contribution >= 4 is 22.6 Å². The molecule has 0 aliphatic carbocycles. The van der Waals surface area contributed by atoms with Crippen LogP contribution >= 0.6 is 11.6 Å². The highest BCUT2D eigenvalue weighted by atomic mass is 35.5. The van der Waals surface area contributed by atoms with E-state index in [1.807, 2.05) is 6.92 Å². The van der Waals surface area contributed by atoms with Gasteiger partial charge < -0.3 is 9.52 Å². The predicted octanol–water partition coefficient (Wildman–Crippen LogP) is 3.80. The van der Waals surface area contributed by atoms with Crippen LogP contribution in [0.3, 0.4) is 0 Å². The van der Waals surface area contributed by atoms with Crippen LogP contribution in [-0.4, -0.2) is 5.11 Å². The minimum Gasteiger partial charge on any atom is -0.506 e. The van der Waals surface area contributed by atoms with Gasteiger partial charge in [0.15, 0.2) is 5.58 Å². The maximum atomic E-state index is 11.9. The van der Waals surface area contributed by atoms with E-state index in [1.54, 1.807) is 6.07 Å². The molecule has 0 aliphatic rings. The van der Waals surface area contributed by atoms with E-state index in [9.17, 15) is 9.90 Å². The maximum Gasteiger partial charge on any atom is 0.339 e. The lowest BCUT2D eigenvalue weighted by atomic mass is 10.0. The van der Waals surface area contributed by atoms with Gasteiger partial charge in [0.05, 0.1) is 0 Å². The summed E-state index contributed by atoms with van der Waals surface area (Å²) in [6.07, 6.45) is 2.68. The monoisotopic (exact) mass is 266 g/mol. The lowest BCUT2D eigenvalue weighted by molar-refractivity contribution is 0.473. The molecule has 1 N–H and O–H groups in total. The van der Waals surface area contributed by atoms with Gasteiger partial charge in [-0.25, -0.2) is 4.79 Å². The van der Waals surface area contributed by atoms with Crippen molar-refractivity contribution in [1.29, 1.82) is 0 Å². The number of phenolic OH excluding ortho intramolecular Hbond substituents is 1. The Hall–Kier alpha value is -1.48. The molecule has 0 radical (unpaired) electrons. The van der Waals surface area contributed by atoms with Crippen molar-refractivity contribution in [2.45, 2.75) is 33.1 Å². The fourth-order valence-electron chi connectivity index (χ4n) is 2.05. The summed E-state index contributed by atoms with van der Waals surface area (Å²) in [7, 11) is 0. The first-order valence-electron chi connectivity index (χ1n) is 6.00. The summed E-state index contributed by atoms with van der Waals surface area (Å²) in [5, 5.41) is 10.4. The molecular formula is C14H15ClO3. The lowest BCUT2D eigenvalue weighted by Gasteiger charge is -2.08. The normalized spacial score (nSPS) is 11.1. The second kappa shape index (κ2) is 5.02. The van der Waals surface area contributed by atoms with Gasteiger partial charge in [0.1, 0.15) is 10.8 Å². The number of unbranched alkanes of at least 4 members (excludes halogenated alkanes) is 1. The largest absolute Gasteiger partial charge is 0.506 e. The van der Waals surface area contributed by atoms with Gasteiger partial charge in [-0.15, -0.1) is 0 Å². The van der Waals surface area contributed by atoms with Gasteiger partial charge in [-0.3, -0.25) is 0 Å². The Morgan fingerprint density at radius 1 is 1.39 bits per heavy atom. The molecule has 1 aromatic heterocycles.